The van der Waals surface area contributed by atoms with Gasteiger partial charge in [0.1, 0.15) is 23.4 Å². The van der Waals surface area contributed by atoms with Crippen molar-refractivity contribution in [3.05, 3.63) is 33.1 Å². The van der Waals surface area contributed by atoms with E-state index in [-0.39, 0.29) is 6.20 Å². The maximum atomic E-state index is 12.6. The summed E-state index contributed by atoms with van der Waals surface area (Å²) >= 11 is 0. The number of nitriles is 1. The second-order valence-electron chi connectivity index (χ2n) is 2.95. The average molecular weight is 267 g/mol. The Balaban J connectivity index is 3.78. The third kappa shape index (κ3) is 2.34. The highest BCUT2D eigenvalue weighted by Gasteiger charge is 2.43. The zero-order valence-corrected chi connectivity index (χ0v) is 8.20. The molecule has 0 aliphatic carbocycles. The quantitative estimate of drug-likeness (QED) is 0.468. The van der Waals surface area contributed by atoms with E-state index in [0.29, 0.717) is 0 Å². The molecule has 0 spiro atoms. The van der Waals surface area contributed by atoms with Crippen molar-refractivity contribution in [3.63, 3.8) is 0 Å². The Labute approximate surface area is 95.6 Å². The van der Waals surface area contributed by atoms with Crippen LogP contribution in [-0.2, 0) is 6.18 Å². The monoisotopic (exact) mass is 267 g/mol. The van der Waals surface area contributed by atoms with Gasteiger partial charge in [0.05, 0.1) is 4.92 Å². The maximum absolute atomic E-state index is 12.6. The fourth-order valence-corrected chi connectivity index (χ4v) is 1.25. The molecule has 0 aliphatic heterocycles. The Hall–Kier alpha value is -2.31. The van der Waals surface area contributed by atoms with Crippen LogP contribution in [-0.4, -0.2) is 9.91 Å². The molecular formula is C8H2F5N3O2. The zero-order valence-electron chi connectivity index (χ0n) is 8.20. The lowest BCUT2D eigenvalue weighted by Gasteiger charge is -2.12. The van der Waals surface area contributed by atoms with Crippen molar-refractivity contribution in [1.29, 1.82) is 5.26 Å². The summed E-state index contributed by atoms with van der Waals surface area (Å²) in [5.74, 6) is 0. The maximum Gasteiger partial charge on any atom is 0.419 e. The SMILES string of the molecule is N#Cc1ncc([N+](=O)[O-])c(C(F)F)c1C(F)(F)F. The minimum atomic E-state index is -5.34. The normalized spacial score (nSPS) is 11.4. The molecular weight excluding hydrogens is 265 g/mol. The zero-order chi connectivity index (χ0) is 14.1. The summed E-state index contributed by atoms with van der Waals surface area (Å²) in [7, 11) is 0. The molecule has 0 aliphatic rings. The highest BCUT2D eigenvalue weighted by Crippen LogP contribution is 2.41. The van der Waals surface area contributed by atoms with E-state index in [9.17, 15) is 32.1 Å². The number of aromatic nitrogens is 1. The van der Waals surface area contributed by atoms with Crippen LogP contribution < -0.4 is 0 Å². The predicted molar refractivity (Wildman–Crippen MR) is 45.6 cm³/mol. The molecule has 0 radical (unpaired) electrons. The fraction of sp³-hybridized carbons (Fsp3) is 0.250. The summed E-state index contributed by atoms with van der Waals surface area (Å²) in [6, 6.07) is 0.976. The molecule has 1 rings (SSSR count). The van der Waals surface area contributed by atoms with Crippen LogP contribution in [0.3, 0.4) is 0 Å². The second kappa shape index (κ2) is 4.52. The third-order valence-electron chi connectivity index (χ3n) is 1.90. The summed E-state index contributed by atoms with van der Waals surface area (Å²) in [6.45, 7) is 0. The minimum absolute atomic E-state index is 0.204. The van der Waals surface area contributed by atoms with Crippen molar-refractivity contribution in [3.8, 4) is 6.07 Å². The Kier molecular flexibility index (Phi) is 3.45. The Morgan fingerprint density at radius 2 is 2.00 bits per heavy atom. The van der Waals surface area contributed by atoms with Crippen molar-refractivity contribution in [1.82, 2.24) is 4.98 Å². The molecule has 1 aromatic rings. The number of nitrogens with zero attached hydrogens (tertiary/aromatic N) is 3. The predicted octanol–water partition coefficient (Wildman–Crippen LogP) is 2.82. The third-order valence-corrected chi connectivity index (χ3v) is 1.90. The first kappa shape index (κ1) is 13.8. The first-order chi connectivity index (χ1) is 8.20. The highest BCUT2D eigenvalue weighted by molar-refractivity contribution is 5.51. The summed E-state index contributed by atoms with van der Waals surface area (Å²) in [4.78, 5) is 11.8. The Bertz CT molecular complexity index is 535. The van der Waals surface area contributed by atoms with Gasteiger partial charge in [-0.15, -0.1) is 0 Å². The van der Waals surface area contributed by atoms with Gasteiger partial charge < -0.3 is 0 Å². The van der Waals surface area contributed by atoms with Gasteiger partial charge in [0.15, 0.2) is 5.69 Å². The molecule has 0 unspecified atom stereocenters. The van der Waals surface area contributed by atoms with E-state index in [1.807, 2.05) is 0 Å². The van der Waals surface area contributed by atoms with Gasteiger partial charge in [0.2, 0.25) is 0 Å². The molecule has 18 heavy (non-hydrogen) atoms. The molecule has 0 fully saturated rings. The molecule has 0 saturated heterocycles. The smallest absolute Gasteiger partial charge is 0.258 e. The van der Waals surface area contributed by atoms with E-state index in [0.717, 1.165) is 6.07 Å². The van der Waals surface area contributed by atoms with Crippen LogP contribution in [0.2, 0.25) is 0 Å². The van der Waals surface area contributed by atoms with Gasteiger partial charge in [-0.3, -0.25) is 10.1 Å². The molecule has 0 N–H and O–H groups in total. The number of halogens is 5. The molecule has 10 heteroatoms. The molecule has 96 valence electrons. The Morgan fingerprint density at radius 3 is 2.33 bits per heavy atom. The van der Waals surface area contributed by atoms with Crippen molar-refractivity contribution < 1.29 is 26.9 Å². The van der Waals surface area contributed by atoms with Gasteiger partial charge in [-0.05, 0) is 0 Å². The van der Waals surface area contributed by atoms with Crippen LogP contribution in [0, 0.1) is 21.4 Å². The Morgan fingerprint density at radius 1 is 1.44 bits per heavy atom. The first-order valence-electron chi connectivity index (χ1n) is 4.12. The van der Waals surface area contributed by atoms with Crippen LogP contribution in [0.1, 0.15) is 23.2 Å². The molecule has 0 bridgehead atoms. The largest absolute Gasteiger partial charge is 0.419 e. The molecule has 0 amide bonds. The summed E-state index contributed by atoms with van der Waals surface area (Å²) in [6.07, 6.45) is -8.89. The van der Waals surface area contributed by atoms with E-state index in [4.69, 9.17) is 5.26 Å². The van der Waals surface area contributed by atoms with E-state index in [2.05, 4.69) is 4.98 Å². The van der Waals surface area contributed by atoms with Crippen LogP contribution >= 0.6 is 0 Å². The number of rotatable bonds is 2. The summed E-state index contributed by atoms with van der Waals surface area (Å²) < 4.78 is 62.8. The number of pyridine rings is 1. The van der Waals surface area contributed by atoms with Crippen LogP contribution in [0.5, 0.6) is 0 Å². The molecule has 0 aromatic carbocycles. The number of hydrogen-bond acceptors (Lipinski definition) is 4. The second-order valence-corrected chi connectivity index (χ2v) is 2.95. The molecule has 0 atom stereocenters. The summed E-state index contributed by atoms with van der Waals surface area (Å²) in [5, 5.41) is 18.8. The number of alkyl halides is 5. The van der Waals surface area contributed by atoms with Crippen molar-refractivity contribution in [2.75, 3.05) is 0 Å². The van der Waals surface area contributed by atoms with Gasteiger partial charge in [0.25, 0.3) is 12.1 Å². The minimum Gasteiger partial charge on any atom is -0.258 e. The summed E-state index contributed by atoms with van der Waals surface area (Å²) in [5.41, 5.74) is -6.73. The van der Waals surface area contributed by atoms with Crippen LogP contribution in [0.25, 0.3) is 0 Å². The van der Waals surface area contributed by atoms with Crippen LogP contribution in [0.4, 0.5) is 27.6 Å². The van der Waals surface area contributed by atoms with Gasteiger partial charge in [-0.25, -0.2) is 13.8 Å². The highest BCUT2D eigenvalue weighted by atomic mass is 19.4. The first-order valence-corrected chi connectivity index (χ1v) is 4.12. The van der Waals surface area contributed by atoms with E-state index in [1.54, 1.807) is 0 Å². The number of hydrogen-bond donors (Lipinski definition) is 0. The van der Waals surface area contributed by atoms with Crippen molar-refractivity contribution in [2.24, 2.45) is 0 Å². The molecule has 0 saturated carbocycles. The van der Waals surface area contributed by atoms with E-state index in [1.165, 1.54) is 0 Å². The van der Waals surface area contributed by atoms with E-state index < -0.39 is 40.0 Å². The van der Waals surface area contributed by atoms with Gasteiger partial charge in [-0.2, -0.15) is 18.4 Å². The molecule has 1 aromatic heterocycles. The lowest BCUT2D eigenvalue weighted by molar-refractivity contribution is -0.386. The van der Waals surface area contributed by atoms with Gasteiger partial charge in [0, 0.05) is 0 Å². The van der Waals surface area contributed by atoms with Crippen LogP contribution in [0.15, 0.2) is 6.20 Å². The molecule has 5 nitrogen and oxygen atoms in total. The standard InChI is InChI=1S/C8H2F5N3O2/c9-7(10)5-4(16(17)18)2-15-3(1-14)6(5)8(11,12)13/h2,7H. The lowest BCUT2D eigenvalue weighted by Crippen LogP contribution is -2.15. The van der Waals surface area contributed by atoms with Crippen molar-refractivity contribution in [2.45, 2.75) is 12.6 Å². The topological polar surface area (TPSA) is 79.8 Å². The van der Waals surface area contributed by atoms with Gasteiger partial charge >= 0.3 is 6.18 Å². The van der Waals surface area contributed by atoms with Crippen molar-refractivity contribution >= 4 is 5.69 Å². The van der Waals surface area contributed by atoms with Gasteiger partial charge in [-0.1, -0.05) is 0 Å². The lowest BCUT2D eigenvalue weighted by atomic mass is 10.0. The van der Waals surface area contributed by atoms with E-state index >= 15 is 0 Å². The number of nitro groups is 1. The average Bonchev–Trinajstić information content (AvgIpc) is 2.25. The molecule has 1 heterocycles. The fourth-order valence-electron chi connectivity index (χ4n) is 1.25.